The fourth-order valence-corrected chi connectivity index (χ4v) is 8.40. The Balaban J connectivity index is 1.65. The van der Waals surface area contributed by atoms with E-state index in [1.54, 1.807) is 9.80 Å². The molecular weight excluding hydrogens is 709 g/mol. The SMILES string of the molecule is CC(C)CN1CC(=O)N(CCCCNC(=N)N)CC(=O)N(C(C)C)CC(=O)N2CCCC2C(=O)CCCCN(CC(C2C=CC=CC2)C2C=CC=CC2)CC1=O. The van der Waals surface area contributed by atoms with Gasteiger partial charge in [0.05, 0.1) is 25.7 Å². The van der Waals surface area contributed by atoms with Crippen molar-refractivity contribution < 1.29 is 24.0 Å². The predicted octanol–water partition coefficient (Wildman–Crippen LogP) is 3.73. The molecule has 0 aromatic heterocycles. The molecule has 3 unspecified atom stereocenters. The van der Waals surface area contributed by atoms with E-state index in [9.17, 15) is 24.0 Å². The van der Waals surface area contributed by atoms with E-state index in [-0.39, 0.29) is 86.0 Å². The zero-order chi connectivity index (χ0) is 40.6. The fourth-order valence-electron chi connectivity index (χ4n) is 8.40. The van der Waals surface area contributed by atoms with Crippen molar-refractivity contribution >= 4 is 35.4 Å². The average Bonchev–Trinajstić information content (AvgIpc) is 3.67. The quantitative estimate of drug-likeness (QED) is 0.154. The van der Waals surface area contributed by atoms with Gasteiger partial charge in [0.1, 0.15) is 6.54 Å². The van der Waals surface area contributed by atoms with Gasteiger partial charge in [-0.1, -0.05) is 62.5 Å². The number of amides is 4. The van der Waals surface area contributed by atoms with Gasteiger partial charge in [-0.15, -0.1) is 0 Å². The van der Waals surface area contributed by atoms with Crippen LogP contribution in [0.25, 0.3) is 0 Å². The maximum absolute atomic E-state index is 14.4. The molecule has 2 heterocycles. The minimum atomic E-state index is -0.501. The van der Waals surface area contributed by atoms with Crippen LogP contribution in [0.5, 0.6) is 0 Å². The molecule has 0 aromatic carbocycles. The molecule has 0 bridgehead atoms. The molecule has 2 aliphatic heterocycles. The lowest BCUT2D eigenvalue weighted by molar-refractivity contribution is -0.148. The second-order valence-corrected chi connectivity index (χ2v) is 16.6. The number of rotatable bonds is 12. The van der Waals surface area contributed by atoms with E-state index in [2.05, 4.69) is 58.8 Å². The second kappa shape index (κ2) is 22.5. The van der Waals surface area contributed by atoms with Crippen LogP contribution in [0.3, 0.4) is 0 Å². The third kappa shape index (κ3) is 13.7. The number of carbonyl (C=O) groups excluding carboxylic acids is 5. The summed E-state index contributed by atoms with van der Waals surface area (Å²) in [6, 6.07) is -0.817. The lowest BCUT2D eigenvalue weighted by Crippen LogP contribution is -2.53. The van der Waals surface area contributed by atoms with Crippen molar-refractivity contribution in [3.8, 4) is 0 Å². The molecule has 0 aromatic rings. The number of ketones is 1. The highest BCUT2D eigenvalue weighted by Gasteiger charge is 2.36. The Morgan fingerprint density at radius 1 is 0.768 bits per heavy atom. The number of nitrogens with zero attached hydrogens (tertiary/aromatic N) is 5. The number of hydrogen-bond donors (Lipinski definition) is 3. The number of nitrogens with two attached hydrogens (primary N) is 1. The Morgan fingerprint density at radius 3 is 2.04 bits per heavy atom. The zero-order valence-electron chi connectivity index (χ0n) is 34.4. The molecule has 2 aliphatic carbocycles. The van der Waals surface area contributed by atoms with Crippen LogP contribution in [0.4, 0.5) is 0 Å². The van der Waals surface area contributed by atoms with Gasteiger partial charge in [0.2, 0.25) is 23.6 Å². The maximum atomic E-state index is 14.4. The Bertz CT molecular complexity index is 1460. The molecule has 4 N–H and O–H groups in total. The molecule has 310 valence electrons. The Morgan fingerprint density at radius 2 is 1.43 bits per heavy atom. The van der Waals surface area contributed by atoms with Gasteiger partial charge >= 0.3 is 0 Å². The summed E-state index contributed by atoms with van der Waals surface area (Å²) >= 11 is 0. The molecule has 3 atom stereocenters. The molecule has 0 spiro atoms. The second-order valence-electron chi connectivity index (χ2n) is 16.6. The number of carbonyl (C=O) groups is 5. The van der Waals surface area contributed by atoms with Crippen molar-refractivity contribution in [1.82, 2.24) is 29.8 Å². The molecule has 2 fully saturated rings. The van der Waals surface area contributed by atoms with E-state index >= 15 is 0 Å². The minimum absolute atomic E-state index is 0.0501. The summed E-state index contributed by atoms with van der Waals surface area (Å²) in [5, 5.41) is 10.2. The highest BCUT2D eigenvalue weighted by atomic mass is 16.2. The van der Waals surface area contributed by atoms with Gasteiger partial charge in [-0.05, 0) is 95.4 Å². The van der Waals surface area contributed by atoms with E-state index in [4.69, 9.17) is 11.1 Å². The van der Waals surface area contributed by atoms with Crippen LogP contribution in [-0.2, 0) is 24.0 Å². The van der Waals surface area contributed by atoms with Gasteiger partial charge in [0, 0.05) is 45.2 Å². The standard InChI is InChI=1S/C43H68N8O5/c1-32(2)26-49-29-40(54)48(24-14-12-22-46-43(44)45)30-41(55)51(33(3)4)31-42(56)50-25-15-20-37(50)38(52)21-11-13-23-47(28-39(49)53)27-36(34-16-7-5-8-17-34)35-18-9-6-10-19-35/h5-10,16,18,32-37H,11-15,17,19-31H2,1-4H3,(H4,44,45,46). The van der Waals surface area contributed by atoms with Crippen LogP contribution in [0, 0.1) is 29.1 Å². The number of guanidine groups is 1. The van der Waals surface area contributed by atoms with Crippen LogP contribution in [0.15, 0.2) is 48.6 Å². The van der Waals surface area contributed by atoms with Crippen molar-refractivity contribution in [2.24, 2.45) is 29.4 Å². The summed E-state index contributed by atoms with van der Waals surface area (Å²) < 4.78 is 0. The zero-order valence-corrected chi connectivity index (χ0v) is 34.4. The molecule has 0 saturated carbocycles. The number of fused-ring (bicyclic) bond motifs is 1. The third-order valence-corrected chi connectivity index (χ3v) is 11.4. The smallest absolute Gasteiger partial charge is 0.242 e. The van der Waals surface area contributed by atoms with E-state index in [1.165, 1.54) is 9.80 Å². The van der Waals surface area contributed by atoms with Crippen LogP contribution < -0.4 is 11.1 Å². The molecule has 0 radical (unpaired) electrons. The van der Waals surface area contributed by atoms with Gasteiger partial charge < -0.3 is 30.7 Å². The number of nitrogens with one attached hydrogen (secondary N) is 2. The number of allylic oxidation sites excluding steroid dienone is 8. The van der Waals surface area contributed by atoms with Gasteiger partial charge in [-0.2, -0.15) is 0 Å². The molecule has 56 heavy (non-hydrogen) atoms. The fraction of sp³-hybridized carbons (Fsp3) is 0.674. The van der Waals surface area contributed by atoms with E-state index < -0.39 is 6.04 Å². The monoisotopic (exact) mass is 777 g/mol. The Hall–Kier alpha value is -4.26. The largest absolute Gasteiger partial charge is 0.370 e. The van der Waals surface area contributed by atoms with Gasteiger partial charge in [0.25, 0.3) is 0 Å². The van der Waals surface area contributed by atoms with Crippen molar-refractivity contribution in [3.05, 3.63) is 48.6 Å². The normalized spacial score (nSPS) is 24.5. The first-order valence-corrected chi connectivity index (χ1v) is 21.0. The number of unbranched alkanes of at least 4 members (excludes halogenated alkanes) is 1. The van der Waals surface area contributed by atoms with Crippen molar-refractivity contribution in [2.45, 2.75) is 97.6 Å². The highest BCUT2D eigenvalue weighted by molar-refractivity contribution is 5.93. The number of hydrogen-bond acceptors (Lipinski definition) is 7. The van der Waals surface area contributed by atoms with Crippen LogP contribution in [-0.4, -0.2) is 137 Å². The maximum Gasteiger partial charge on any atom is 0.242 e. The summed E-state index contributed by atoms with van der Waals surface area (Å²) in [5.74, 6) is -0.165. The van der Waals surface area contributed by atoms with Gasteiger partial charge in [-0.3, -0.25) is 34.3 Å². The van der Waals surface area contributed by atoms with E-state index in [0.717, 1.165) is 25.7 Å². The molecule has 13 nitrogen and oxygen atoms in total. The molecule has 2 saturated heterocycles. The molecule has 4 aliphatic rings. The third-order valence-electron chi connectivity index (χ3n) is 11.4. The van der Waals surface area contributed by atoms with Crippen molar-refractivity contribution in [3.63, 3.8) is 0 Å². The van der Waals surface area contributed by atoms with Crippen LogP contribution >= 0.6 is 0 Å². The predicted molar refractivity (Wildman–Crippen MR) is 220 cm³/mol. The van der Waals surface area contributed by atoms with Crippen LogP contribution in [0.2, 0.25) is 0 Å². The first-order valence-electron chi connectivity index (χ1n) is 21.0. The first-order chi connectivity index (χ1) is 26.8. The van der Waals surface area contributed by atoms with E-state index in [0.29, 0.717) is 76.7 Å². The lowest BCUT2D eigenvalue weighted by atomic mass is 9.75. The van der Waals surface area contributed by atoms with Gasteiger partial charge in [0.15, 0.2) is 11.7 Å². The Kier molecular flexibility index (Phi) is 17.8. The molecular formula is C43H68N8O5. The molecule has 4 amide bonds. The topological polar surface area (TPSA) is 163 Å². The van der Waals surface area contributed by atoms with Crippen molar-refractivity contribution in [1.29, 1.82) is 5.41 Å². The first kappa shape index (κ1) is 44.5. The molecule has 4 rings (SSSR count). The summed E-state index contributed by atoms with van der Waals surface area (Å²) in [5.41, 5.74) is 5.46. The number of Topliss-reactive ketones (excluding diaryl/α,β-unsaturated/α-hetero) is 1. The summed E-state index contributed by atoms with van der Waals surface area (Å²) in [7, 11) is 0. The average molecular weight is 777 g/mol. The summed E-state index contributed by atoms with van der Waals surface area (Å²) in [4.78, 5) is 78.6. The van der Waals surface area contributed by atoms with E-state index in [1.807, 2.05) is 27.7 Å². The lowest BCUT2D eigenvalue weighted by Gasteiger charge is -2.37. The van der Waals surface area contributed by atoms with Crippen LogP contribution in [0.1, 0.15) is 85.5 Å². The summed E-state index contributed by atoms with van der Waals surface area (Å²) in [6.45, 7) is 10.2. The summed E-state index contributed by atoms with van der Waals surface area (Å²) in [6.07, 6.45) is 23.5. The van der Waals surface area contributed by atoms with Gasteiger partial charge in [-0.25, -0.2) is 0 Å². The Labute approximate surface area is 334 Å². The molecule has 13 heteroatoms. The minimum Gasteiger partial charge on any atom is -0.370 e. The van der Waals surface area contributed by atoms with Crippen molar-refractivity contribution in [2.75, 3.05) is 65.4 Å². The highest BCUT2D eigenvalue weighted by Crippen LogP contribution is 2.33.